The second-order valence-electron chi connectivity index (χ2n) is 4.86. The van der Waals surface area contributed by atoms with E-state index in [4.69, 9.17) is 0 Å². The number of thiophene rings is 1. The van der Waals surface area contributed by atoms with Crippen molar-refractivity contribution in [3.63, 3.8) is 0 Å². The monoisotopic (exact) mass is 372 g/mol. The Morgan fingerprint density at radius 1 is 1.35 bits per heavy atom. The summed E-state index contributed by atoms with van der Waals surface area (Å²) in [5, 5.41) is 10.4. The van der Waals surface area contributed by atoms with E-state index in [1.165, 1.54) is 28.3 Å². The summed E-state index contributed by atoms with van der Waals surface area (Å²) in [4.78, 5) is 2.43. The lowest BCUT2D eigenvalue weighted by Crippen LogP contribution is -2.00. The topological polar surface area (TPSA) is 20.2 Å². The first-order valence-electron chi connectivity index (χ1n) is 6.44. The Balaban J connectivity index is 1.78. The minimum absolute atomic E-state index is 0.265. The van der Waals surface area contributed by atoms with Gasteiger partial charge in [-0.15, -0.1) is 11.3 Å². The predicted molar refractivity (Wildman–Crippen MR) is 86.9 cm³/mol. The molecule has 106 valence electrons. The van der Waals surface area contributed by atoms with Gasteiger partial charge in [-0.2, -0.15) is 11.8 Å². The molecule has 0 saturated carbocycles. The van der Waals surface area contributed by atoms with E-state index >= 15 is 0 Å². The van der Waals surface area contributed by atoms with Gasteiger partial charge in [0.25, 0.3) is 0 Å². The van der Waals surface area contributed by atoms with Crippen LogP contribution in [0.4, 0.5) is 4.39 Å². The van der Waals surface area contributed by atoms with Gasteiger partial charge in [-0.3, -0.25) is 0 Å². The zero-order valence-electron chi connectivity index (χ0n) is 10.7. The first-order valence-corrected chi connectivity index (χ1v) is 9.21. The number of hydrogen-bond donors (Lipinski definition) is 1. The standard InChI is InChI=1S/C15H14BrFOS2/c16-12-7-11(17)2-1-9(12)5-13(18)15-6-10-8-19-4-3-14(10)20-15/h1-2,6-7,13,18H,3-5,8H2. The molecule has 1 aliphatic heterocycles. The maximum atomic E-state index is 13.1. The van der Waals surface area contributed by atoms with Crippen LogP contribution in [0.5, 0.6) is 0 Å². The lowest BCUT2D eigenvalue weighted by Gasteiger charge is -2.10. The second kappa shape index (κ2) is 6.18. The van der Waals surface area contributed by atoms with Gasteiger partial charge in [0.15, 0.2) is 0 Å². The number of halogens is 2. The molecule has 0 bridgehead atoms. The smallest absolute Gasteiger partial charge is 0.124 e. The third-order valence-electron chi connectivity index (χ3n) is 3.40. The third-order valence-corrected chi connectivity index (χ3v) is 6.49. The number of fused-ring (bicyclic) bond motifs is 1. The van der Waals surface area contributed by atoms with Gasteiger partial charge in [-0.05, 0) is 41.5 Å². The van der Waals surface area contributed by atoms with Crippen molar-refractivity contribution in [3.8, 4) is 0 Å². The molecule has 3 rings (SSSR count). The zero-order valence-corrected chi connectivity index (χ0v) is 14.0. The summed E-state index contributed by atoms with van der Waals surface area (Å²) in [5.41, 5.74) is 2.30. The van der Waals surface area contributed by atoms with Crippen molar-refractivity contribution in [1.82, 2.24) is 0 Å². The summed E-state index contributed by atoms with van der Waals surface area (Å²) < 4.78 is 13.8. The fourth-order valence-corrected chi connectivity index (χ4v) is 5.21. The molecule has 0 aliphatic carbocycles. The van der Waals surface area contributed by atoms with Crippen LogP contribution in [0, 0.1) is 5.82 Å². The van der Waals surface area contributed by atoms with Gasteiger partial charge in [-0.1, -0.05) is 22.0 Å². The van der Waals surface area contributed by atoms with Crippen molar-refractivity contribution in [2.45, 2.75) is 24.7 Å². The molecule has 1 unspecified atom stereocenters. The van der Waals surface area contributed by atoms with Crippen LogP contribution in [-0.2, 0) is 18.6 Å². The Kier molecular flexibility index (Phi) is 4.50. The molecule has 20 heavy (non-hydrogen) atoms. The number of thioether (sulfide) groups is 1. The molecule has 0 fully saturated rings. The summed E-state index contributed by atoms with van der Waals surface area (Å²) in [5.74, 6) is 1.96. The Bertz CT molecular complexity index is 603. The van der Waals surface area contributed by atoms with E-state index in [1.807, 2.05) is 11.8 Å². The third kappa shape index (κ3) is 3.11. The molecule has 1 aromatic heterocycles. The molecule has 2 heterocycles. The van der Waals surface area contributed by atoms with E-state index in [1.54, 1.807) is 17.4 Å². The lowest BCUT2D eigenvalue weighted by atomic mass is 10.1. The van der Waals surface area contributed by atoms with Crippen molar-refractivity contribution >= 4 is 39.0 Å². The average molecular weight is 373 g/mol. The van der Waals surface area contributed by atoms with Crippen LogP contribution in [0.1, 0.15) is 27.0 Å². The second-order valence-corrected chi connectivity index (χ2v) is 7.98. The number of rotatable bonds is 3. The van der Waals surface area contributed by atoms with E-state index in [0.717, 1.165) is 22.6 Å². The quantitative estimate of drug-likeness (QED) is 0.841. The van der Waals surface area contributed by atoms with Gasteiger partial charge in [0.2, 0.25) is 0 Å². The van der Waals surface area contributed by atoms with E-state index < -0.39 is 6.10 Å². The molecule has 1 aliphatic rings. The van der Waals surface area contributed by atoms with Gasteiger partial charge < -0.3 is 5.11 Å². The SMILES string of the molecule is OC(Cc1ccc(F)cc1Br)c1cc2c(s1)CCSC2. The van der Waals surface area contributed by atoms with E-state index in [-0.39, 0.29) is 5.82 Å². The minimum atomic E-state index is -0.516. The lowest BCUT2D eigenvalue weighted by molar-refractivity contribution is 0.182. The first-order chi connectivity index (χ1) is 9.63. The molecule has 0 radical (unpaired) electrons. The Labute approximate surface area is 134 Å². The fraction of sp³-hybridized carbons (Fsp3) is 0.333. The van der Waals surface area contributed by atoms with E-state index in [0.29, 0.717) is 10.9 Å². The van der Waals surface area contributed by atoms with Crippen molar-refractivity contribution < 1.29 is 9.50 Å². The number of hydrogen-bond acceptors (Lipinski definition) is 3. The van der Waals surface area contributed by atoms with Crippen molar-refractivity contribution in [3.05, 3.63) is 55.4 Å². The highest BCUT2D eigenvalue weighted by Gasteiger charge is 2.18. The molecule has 0 amide bonds. The number of aryl methyl sites for hydroxylation is 1. The molecular formula is C15H14BrFOS2. The molecule has 5 heteroatoms. The van der Waals surface area contributed by atoms with Gasteiger partial charge in [0.1, 0.15) is 5.82 Å². The van der Waals surface area contributed by atoms with Gasteiger partial charge in [0.05, 0.1) is 6.10 Å². The normalized spacial score (nSPS) is 15.9. The Morgan fingerprint density at radius 2 is 2.20 bits per heavy atom. The zero-order chi connectivity index (χ0) is 14.1. The van der Waals surface area contributed by atoms with Crippen LogP contribution in [0.3, 0.4) is 0 Å². The average Bonchev–Trinajstić information content (AvgIpc) is 2.86. The minimum Gasteiger partial charge on any atom is -0.387 e. The highest BCUT2D eigenvalue weighted by Crippen LogP contribution is 2.36. The van der Waals surface area contributed by atoms with Crippen LogP contribution in [0.15, 0.2) is 28.7 Å². The molecular weight excluding hydrogens is 359 g/mol. The summed E-state index contributed by atoms with van der Waals surface area (Å²) in [6, 6.07) is 6.74. The van der Waals surface area contributed by atoms with Gasteiger partial charge in [0, 0.05) is 26.4 Å². The maximum absolute atomic E-state index is 13.1. The van der Waals surface area contributed by atoms with Crippen LogP contribution in [0.25, 0.3) is 0 Å². The van der Waals surface area contributed by atoms with Crippen LogP contribution < -0.4 is 0 Å². The summed E-state index contributed by atoms with van der Waals surface area (Å²) in [6.07, 6.45) is 1.10. The van der Waals surface area contributed by atoms with Crippen LogP contribution in [-0.4, -0.2) is 10.9 Å². The molecule has 1 atom stereocenters. The fourth-order valence-electron chi connectivity index (χ4n) is 2.33. The molecule has 1 nitrogen and oxygen atoms in total. The largest absolute Gasteiger partial charge is 0.387 e. The molecule has 0 saturated heterocycles. The summed E-state index contributed by atoms with van der Waals surface area (Å²) in [7, 11) is 0. The Hall–Kier alpha value is -0.360. The van der Waals surface area contributed by atoms with Crippen molar-refractivity contribution in [2.24, 2.45) is 0 Å². The number of aliphatic hydroxyl groups excluding tert-OH is 1. The molecule has 0 spiro atoms. The maximum Gasteiger partial charge on any atom is 0.124 e. The predicted octanol–water partition coefficient (Wildman–Crippen LogP) is 4.72. The molecule has 1 N–H and O–H groups in total. The van der Waals surface area contributed by atoms with E-state index in [9.17, 15) is 9.50 Å². The van der Waals surface area contributed by atoms with Gasteiger partial charge in [-0.25, -0.2) is 4.39 Å². The summed E-state index contributed by atoms with van der Waals surface area (Å²) in [6.45, 7) is 0. The van der Waals surface area contributed by atoms with Gasteiger partial charge >= 0.3 is 0 Å². The van der Waals surface area contributed by atoms with Crippen molar-refractivity contribution in [2.75, 3.05) is 5.75 Å². The number of benzene rings is 1. The highest BCUT2D eigenvalue weighted by molar-refractivity contribution is 9.10. The molecule has 1 aromatic carbocycles. The number of aliphatic hydroxyl groups is 1. The summed E-state index contributed by atoms with van der Waals surface area (Å²) >= 11 is 7.02. The Morgan fingerprint density at radius 3 is 2.95 bits per heavy atom. The van der Waals surface area contributed by atoms with Crippen molar-refractivity contribution in [1.29, 1.82) is 0 Å². The highest BCUT2D eigenvalue weighted by atomic mass is 79.9. The first kappa shape index (κ1) is 14.6. The van der Waals surface area contributed by atoms with E-state index in [2.05, 4.69) is 22.0 Å². The molecule has 2 aromatic rings. The van der Waals surface area contributed by atoms with Crippen LogP contribution in [0.2, 0.25) is 0 Å². The van der Waals surface area contributed by atoms with Crippen LogP contribution >= 0.6 is 39.0 Å².